The third-order valence-corrected chi connectivity index (χ3v) is 10.2. The van der Waals surface area contributed by atoms with Crippen molar-refractivity contribution in [2.24, 2.45) is 0 Å². The molecule has 0 amide bonds. The first-order chi connectivity index (χ1) is 13.8. The van der Waals surface area contributed by atoms with Crippen LogP contribution in [-0.4, -0.2) is 8.80 Å². The van der Waals surface area contributed by atoms with E-state index in [-0.39, 0.29) is 0 Å². The molecular formula is C27H56Si. The summed E-state index contributed by atoms with van der Waals surface area (Å²) >= 11 is 0. The molecule has 0 aliphatic carbocycles. The molecule has 1 heteroatoms. The average Bonchev–Trinajstić information content (AvgIpc) is 2.70. The maximum absolute atomic E-state index is 2.67. The highest BCUT2D eigenvalue weighted by molar-refractivity contribution is 6.66. The summed E-state index contributed by atoms with van der Waals surface area (Å²) in [6, 6.07) is 3.17. The second-order valence-electron chi connectivity index (χ2n) is 9.31. The Bertz CT molecular complexity index is 304. The van der Waals surface area contributed by atoms with E-state index in [4.69, 9.17) is 0 Å². The van der Waals surface area contributed by atoms with Gasteiger partial charge < -0.3 is 0 Å². The Morgan fingerprint density at radius 1 is 0.500 bits per heavy atom. The quantitative estimate of drug-likeness (QED) is 0.123. The van der Waals surface area contributed by atoms with Crippen molar-refractivity contribution < 1.29 is 0 Å². The Balaban J connectivity index is 4.13. The first-order valence-corrected chi connectivity index (χ1v) is 15.6. The Morgan fingerprint density at radius 3 is 1.29 bits per heavy atom. The Kier molecular flexibility index (Phi) is 23.2. The van der Waals surface area contributed by atoms with Crippen molar-refractivity contribution in [3.8, 4) is 0 Å². The van der Waals surface area contributed by atoms with Crippen molar-refractivity contribution in [2.75, 3.05) is 0 Å². The van der Waals surface area contributed by atoms with Crippen molar-refractivity contribution in [3.63, 3.8) is 0 Å². The third kappa shape index (κ3) is 19.3. The molecule has 0 saturated carbocycles. The molecule has 0 bridgehead atoms. The third-order valence-electron chi connectivity index (χ3n) is 6.48. The van der Waals surface area contributed by atoms with E-state index in [0.29, 0.717) is 0 Å². The first kappa shape index (κ1) is 28.0. The zero-order valence-electron chi connectivity index (χ0n) is 20.5. The van der Waals surface area contributed by atoms with E-state index < -0.39 is 8.80 Å². The fourth-order valence-corrected chi connectivity index (χ4v) is 7.63. The highest BCUT2D eigenvalue weighted by atomic mass is 28.3. The zero-order chi connectivity index (χ0) is 20.7. The fraction of sp³-hybridized carbons (Fsp3) is 0.926. The van der Waals surface area contributed by atoms with Gasteiger partial charge in [-0.1, -0.05) is 153 Å². The summed E-state index contributed by atoms with van der Waals surface area (Å²) in [7, 11) is -0.654. The molecule has 0 radical (unpaired) electrons. The van der Waals surface area contributed by atoms with Crippen molar-refractivity contribution in [1.29, 1.82) is 0 Å². The average molecular weight is 409 g/mol. The van der Waals surface area contributed by atoms with Crippen LogP contribution in [0.1, 0.15) is 150 Å². The Hall–Kier alpha value is -0.0431. The van der Waals surface area contributed by atoms with Crippen LogP contribution < -0.4 is 0 Å². The van der Waals surface area contributed by atoms with Crippen LogP contribution in [0.2, 0.25) is 12.1 Å². The van der Waals surface area contributed by atoms with Gasteiger partial charge >= 0.3 is 0 Å². The van der Waals surface area contributed by atoms with Gasteiger partial charge in [0.05, 0.1) is 8.80 Å². The van der Waals surface area contributed by atoms with Crippen LogP contribution in [0.15, 0.2) is 11.3 Å². The number of hydrogen-bond donors (Lipinski definition) is 0. The minimum Gasteiger partial charge on any atom is -0.0910 e. The maximum Gasteiger partial charge on any atom is 0.0648 e. The van der Waals surface area contributed by atoms with Gasteiger partial charge in [-0.25, -0.2) is 0 Å². The Labute approximate surface area is 182 Å². The summed E-state index contributed by atoms with van der Waals surface area (Å²) in [5, 5.41) is 1.86. The van der Waals surface area contributed by atoms with Crippen LogP contribution in [0.3, 0.4) is 0 Å². The predicted molar refractivity (Wildman–Crippen MR) is 135 cm³/mol. The van der Waals surface area contributed by atoms with E-state index in [0.717, 1.165) is 0 Å². The van der Waals surface area contributed by atoms with Crippen LogP contribution in [0.5, 0.6) is 0 Å². The van der Waals surface area contributed by atoms with E-state index in [2.05, 4.69) is 33.8 Å². The van der Waals surface area contributed by atoms with Crippen LogP contribution in [0.25, 0.3) is 0 Å². The summed E-state index contributed by atoms with van der Waals surface area (Å²) in [5.41, 5.74) is 0. The first-order valence-electron chi connectivity index (χ1n) is 13.4. The van der Waals surface area contributed by atoms with Gasteiger partial charge in [0.2, 0.25) is 0 Å². The molecule has 0 unspecified atom stereocenters. The van der Waals surface area contributed by atoms with E-state index in [1.807, 2.05) is 5.20 Å². The van der Waals surface area contributed by atoms with Crippen molar-refractivity contribution in [3.05, 3.63) is 11.3 Å². The van der Waals surface area contributed by atoms with Crippen LogP contribution in [0, 0.1) is 0 Å². The van der Waals surface area contributed by atoms with Crippen molar-refractivity contribution >= 4 is 8.80 Å². The minimum absolute atomic E-state index is 0.654. The molecule has 0 aromatic rings. The van der Waals surface area contributed by atoms with E-state index in [1.54, 1.807) is 12.1 Å². The molecule has 0 fully saturated rings. The molecule has 0 aromatic carbocycles. The van der Waals surface area contributed by atoms with Crippen molar-refractivity contribution in [1.82, 2.24) is 0 Å². The van der Waals surface area contributed by atoms with Crippen LogP contribution >= 0.6 is 0 Å². The zero-order valence-corrected chi connectivity index (χ0v) is 21.7. The van der Waals surface area contributed by atoms with E-state index >= 15 is 0 Å². The normalized spacial score (nSPS) is 12.2. The van der Waals surface area contributed by atoms with Crippen LogP contribution in [0.4, 0.5) is 0 Å². The van der Waals surface area contributed by atoms with Crippen LogP contribution in [-0.2, 0) is 0 Å². The second-order valence-corrected chi connectivity index (χ2v) is 12.8. The molecule has 0 N–H and O–H groups in total. The lowest BCUT2D eigenvalue weighted by Gasteiger charge is -2.17. The number of rotatable bonds is 22. The molecule has 0 heterocycles. The molecular weight excluding hydrogens is 352 g/mol. The largest absolute Gasteiger partial charge is 0.0910 e. The van der Waals surface area contributed by atoms with Gasteiger partial charge in [0, 0.05) is 0 Å². The molecule has 0 aliphatic rings. The molecule has 0 rings (SSSR count). The summed E-state index contributed by atoms with van der Waals surface area (Å²) in [6.07, 6.45) is 30.1. The van der Waals surface area contributed by atoms with E-state index in [9.17, 15) is 0 Å². The van der Waals surface area contributed by atoms with E-state index in [1.165, 1.54) is 122 Å². The van der Waals surface area contributed by atoms with Gasteiger partial charge in [-0.3, -0.25) is 0 Å². The highest BCUT2D eigenvalue weighted by Crippen LogP contribution is 2.21. The molecule has 0 aliphatic heterocycles. The standard InChI is InChI=1S/C27H56Si/c1-5-8-11-14-17-18-21-24-27(4)28(25-22-19-15-12-9-6-2)26-23-20-16-13-10-7-3/h24,28H,5-23,25-26H2,1-4H3. The van der Waals surface area contributed by atoms with Gasteiger partial charge in [-0.2, -0.15) is 0 Å². The number of hydrogen-bond acceptors (Lipinski definition) is 0. The fourth-order valence-electron chi connectivity index (χ4n) is 4.36. The monoisotopic (exact) mass is 408 g/mol. The number of unbranched alkanes of at least 4 members (excludes halogenated alkanes) is 16. The lowest BCUT2D eigenvalue weighted by Crippen LogP contribution is -2.14. The summed E-state index contributed by atoms with van der Waals surface area (Å²) in [6.45, 7) is 9.45. The number of allylic oxidation sites excluding steroid dienone is 2. The maximum atomic E-state index is 2.67. The summed E-state index contributed by atoms with van der Waals surface area (Å²) in [4.78, 5) is 0. The molecule has 0 aromatic heterocycles. The molecule has 28 heavy (non-hydrogen) atoms. The molecule has 0 saturated heterocycles. The Morgan fingerprint density at radius 2 is 0.857 bits per heavy atom. The molecule has 0 nitrogen and oxygen atoms in total. The minimum atomic E-state index is -0.654. The highest BCUT2D eigenvalue weighted by Gasteiger charge is 2.12. The molecule has 168 valence electrons. The lowest BCUT2D eigenvalue weighted by molar-refractivity contribution is 0.610. The van der Waals surface area contributed by atoms with Gasteiger partial charge in [-0.05, 0) is 19.8 Å². The lowest BCUT2D eigenvalue weighted by atomic mass is 10.1. The smallest absolute Gasteiger partial charge is 0.0648 e. The van der Waals surface area contributed by atoms with Gasteiger partial charge in [0.15, 0.2) is 0 Å². The van der Waals surface area contributed by atoms with Gasteiger partial charge in [-0.15, -0.1) is 0 Å². The second kappa shape index (κ2) is 23.2. The summed E-state index contributed by atoms with van der Waals surface area (Å²) < 4.78 is 0. The van der Waals surface area contributed by atoms with Gasteiger partial charge in [0.1, 0.15) is 0 Å². The topological polar surface area (TPSA) is 0 Å². The SMILES string of the molecule is CCCCCCCCC=C(C)[SiH](CCCCCCCC)CCCCCCCC. The predicted octanol–water partition coefficient (Wildman–Crippen LogP) is 10.2. The van der Waals surface area contributed by atoms with Crippen molar-refractivity contribution in [2.45, 2.75) is 162 Å². The summed E-state index contributed by atoms with van der Waals surface area (Å²) in [5.74, 6) is 0. The van der Waals surface area contributed by atoms with Gasteiger partial charge in [0.25, 0.3) is 0 Å². The molecule has 0 spiro atoms. The molecule has 0 atom stereocenters.